The highest BCUT2D eigenvalue weighted by Gasteiger charge is 2.27. The maximum absolute atomic E-state index is 13.7. The summed E-state index contributed by atoms with van der Waals surface area (Å²) in [5.74, 6) is 1.42. The normalized spacial score (nSPS) is 12.3. The van der Waals surface area contributed by atoms with Gasteiger partial charge in [-0.05, 0) is 72.8 Å². The molecule has 0 saturated carbocycles. The molecule has 176 valence electrons. The van der Waals surface area contributed by atoms with Crippen LogP contribution in [0.4, 0.5) is 28.4 Å². The van der Waals surface area contributed by atoms with Crippen LogP contribution >= 0.6 is 0 Å². The summed E-state index contributed by atoms with van der Waals surface area (Å²) in [6.07, 6.45) is 0. The molecule has 0 aliphatic carbocycles. The third-order valence-corrected chi connectivity index (χ3v) is 7.77. The molecule has 0 fully saturated rings. The lowest BCUT2D eigenvalue weighted by molar-refractivity contribution is 0.477. The Kier molecular flexibility index (Phi) is 5.43. The Bertz CT molecular complexity index is 1620. The summed E-state index contributed by atoms with van der Waals surface area (Å²) in [5, 5.41) is 3.27. The minimum atomic E-state index is -3.77. The largest absolute Gasteiger partial charge is 0.453 e. The highest BCUT2D eigenvalue weighted by molar-refractivity contribution is 7.91. The molecule has 6 rings (SSSR count). The van der Waals surface area contributed by atoms with Crippen LogP contribution in [0.15, 0.2) is 137 Å². The number of rotatable bonds is 5. The van der Waals surface area contributed by atoms with Crippen LogP contribution in [0, 0.1) is 0 Å². The minimum absolute atomic E-state index is 0.221. The fraction of sp³-hybridized carbons (Fsp3) is 0. The summed E-state index contributed by atoms with van der Waals surface area (Å²) >= 11 is 0. The van der Waals surface area contributed by atoms with E-state index in [1.165, 1.54) is 0 Å². The van der Waals surface area contributed by atoms with Gasteiger partial charge in [0.1, 0.15) is 0 Å². The molecule has 0 radical (unpaired) electrons. The number of nitrogens with zero attached hydrogens (tertiary/aromatic N) is 1. The van der Waals surface area contributed by atoms with E-state index in [1.54, 1.807) is 36.4 Å². The zero-order valence-electron chi connectivity index (χ0n) is 19.2. The molecule has 6 heteroatoms. The van der Waals surface area contributed by atoms with E-state index in [4.69, 9.17) is 4.74 Å². The van der Waals surface area contributed by atoms with Gasteiger partial charge in [-0.15, -0.1) is 0 Å². The standard InChI is InChI=1S/C30H22N2O3S/c33-36(34,25-14-8-12-23(20-25)31-22-10-2-1-3-11-22)26-15-9-13-24(21-26)32-27-16-4-6-18-29(27)35-30-19-7-5-17-28(30)32/h1-21,31H. The second kappa shape index (κ2) is 8.91. The molecule has 1 aliphatic heterocycles. The Morgan fingerprint density at radius 1 is 0.556 bits per heavy atom. The maximum Gasteiger partial charge on any atom is 0.206 e. The molecule has 1 heterocycles. The molecule has 5 aromatic carbocycles. The summed E-state index contributed by atoms with van der Waals surface area (Å²) in [6, 6.07) is 39.0. The first-order valence-corrected chi connectivity index (χ1v) is 13.0. The smallest absolute Gasteiger partial charge is 0.206 e. The zero-order valence-corrected chi connectivity index (χ0v) is 20.0. The van der Waals surface area contributed by atoms with Crippen molar-refractivity contribution in [2.75, 3.05) is 10.2 Å². The molecule has 0 amide bonds. The molecule has 0 unspecified atom stereocenters. The maximum atomic E-state index is 13.7. The van der Waals surface area contributed by atoms with Crippen LogP contribution in [0.3, 0.4) is 0 Å². The van der Waals surface area contributed by atoms with E-state index < -0.39 is 9.84 Å². The number of anilines is 5. The fourth-order valence-electron chi connectivity index (χ4n) is 4.34. The van der Waals surface area contributed by atoms with Gasteiger partial charge in [0, 0.05) is 17.1 Å². The molecule has 0 bridgehead atoms. The predicted octanol–water partition coefficient (Wildman–Crippen LogP) is 7.84. The molecule has 36 heavy (non-hydrogen) atoms. The summed E-state index contributed by atoms with van der Waals surface area (Å²) < 4.78 is 33.5. The van der Waals surface area contributed by atoms with Crippen molar-refractivity contribution in [1.29, 1.82) is 0 Å². The third kappa shape index (κ3) is 3.97. The summed E-state index contributed by atoms with van der Waals surface area (Å²) in [5.41, 5.74) is 4.02. The topological polar surface area (TPSA) is 58.6 Å². The van der Waals surface area contributed by atoms with E-state index in [0.29, 0.717) is 17.2 Å². The van der Waals surface area contributed by atoms with Gasteiger partial charge in [-0.25, -0.2) is 8.42 Å². The minimum Gasteiger partial charge on any atom is -0.453 e. The molecular weight excluding hydrogens is 468 g/mol. The van der Waals surface area contributed by atoms with Gasteiger partial charge in [0.05, 0.1) is 21.2 Å². The number of hydrogen-bond donors (Lipinski definition) is 1. The van der Waals surface area contributed by atoms with Crippen LogP contribution in [-0.4, -0.2) is 8.42 Å². The van der Waals surface area contributed by atoms with Crippen molar-refractivity contribution < 1.29 is 13.2 Å². The highest BCUT2D eigenvalue weighted by atomic mass is 32.2. The molecule has 1 aliphatic rings. The van der Waals surface area contributed by atoms with Crippen molar-refractivity contribution in [2.24, 2.45) is 0 Å². The van der Waals surface area contributed by atoms with Crippen molar-refractivity contribution in [3.63, 3.8) is 0 Å². The third-order valence-electron chi connectivity index (χ3n) is 6.03. The lowest BCUT2D eigenvalue weighted by Gasteiger charge is -2.32. The zero-order chi connectivity index (χ0) is 24.5. The number of hydrogen-bond acceptors (Lipinski definition) is 5. The van der Waals surface area contributed by atoms with Gasteiger partial charge in [-0.1, -0.05) is 54.6 Å². The van der Waals surface area contributed by atoms with Gasteiger partial charge in [0.15, 0.2) is 11.5 Å². The lowest BCUT2D eigenvalue weighted by Crippen LogP contribution is -2.16. The van der Waals surface area contributed by atoms with Crippen LogP contribution in [0.5, 0.6) is 11.5 Å². The Morgan fingerprint density at radius 3 is 1.81 bits per heavy atom. The van der Waals surface area contributed by atoms with Gasteiger partial charge in [-0.2, -0.15) is 0 Å². The second-order valence-corrected chi connectivity index (χ2v) is 10.3. The monoisotopic (exact) mass is 490 g/mol. The molecule has 5 nitrogen and oxygen atoms in total. The summed E-state index contributed by atoms with van der Waals surface area (Å²) in [6.45, 7) is 0. The fourth-order valence-corrected chi connectivity index (χ4v) is 5.68. The molecule has 0 spiro atoms. The first-order valence-electron chi connectivity index (χ1n) is 11.5. The Hall–Kier alpha value is -4.55. The number of fused-ring (bicyclic) bond motifs is 2. The second-order valence-electron chi connectivity index (χ2n) is 8.39. The molecule has 5 aromatic rings. The van der Waals surface area contributed by atoms with Gasteiger partial charge in [0.2, 0.25) is 9.84 Å². The van der Waals surface area contributed by atoms with Crippen molar-refractivity contribution >= 4 is 38.3 Å². The van der Waals surface area contributed by atoms with Crippen LogP contribution in [-0.2, 0) is 9.84 Å². The molecular formula is C30H22N2O3S. The van der Waals surface area contributed by atoms with E-state index in [-0.39, 0.29) is 9.79 Å². The highest BCUT2D eigenvalue weighted by Crippen LogP contribution is 2.50. The lowest BCUT2D eigenvalue weighted by atomic mass is 10.1. The number of sulfone groups is 1. The van der Waals surface area contributed by atoms with Crippen molar-refractivity contribution in [2.45, 2.75) is 9.79 Å². The van der Waals surface area contributed by atoms with E-state index in [1.807, 2.05) is 95.9 Å². The van der Waals surface area contributed by atoms with Crippen LogP contribution in [0.2, 0.25) is 0 Å². The first-order chi connectivity index (χ1) is 17.6. The van der Waals surface area contributed by atoms with E-state index in [9.17, 15) is 8.42 Å². The van der Waals surface area contributed by atoms with E-state index in [0.717, 1.165) is 22.7 Å². The van der Waals surface area contributed by atoms with E-state index in [2.05, 4.69) is 5.32 Å². The first kappa shape index (κ1) is 21.9. The van der Waals surface area contributed by atoms with Gasteiger partial charge >= 0.3 is 0 Å². The molecule has 0 aromatic heterocycles. The molecule has 0 saturated heterocycles. The number of benzene rings is 5. The van der Waals surface area contributed by atoms with Gasteiger partial charge in [-0.3, -0.25) is 0 Å². The van der Waals surface area contributed by atoms with Crippen LogP contribution < -0.4 is 15.0 Å². The van der Waals surface area contributed by atoms with Crippen molar-refractivity contribution in [3.8, 4) is 11.5 Å². The number of nitrogens with one attached hydrogen (secondary N) is 1. The van der Waals surface area contributed by atoms with Crippen molar-refractivity contribution in [1.82, 2.24) is 0 Å². The summed E-state index contributed by atoms with van der Waals surface area (Å²) in [7, 11) is -3.77. The average molecular weight is 491 g/mol. The number of ether oxygens (including phenoxy) is 1. The Morgan fingerprint density at radius 2 is 1.11 bits per heavy atom. The molecule has 0 atom stereocenters. The molecule has 1 N–H and O–H groups in total. The van der Waals surface area contributed by atoms with Crippen LogP contribution in [0.1, 0.15) is 0 Å². The predicted molar refractivity (Wildman–Crippen MR) is 143 cm³/mol. The quantitative estimate of drug-likeness (QED) is 0.267. The summed E-state index contributed by atoms with van der Waals surface area (Å²) in [4.78, 5) is 2.47. The van der Waals surface area contributed by atoms with Crippen molar-refractivity contribution in [3.05, 3.63) is 127 Å². The van der Waals surface area contributed by atoms with Gasteiger partial charge in [0.25, 0.3) is 0 Å². The van der Waals surface area contributed by atoms with E-state index >= 15 is 0 Å². The number of para-hydroxylation sites is 5. The Balaban J connectivity index is 1.40. The SMILES string of the molecule is O=S(=O)(c1cccc(Nc2ccccc2)c1)c1cccc(N2c3ccccc3Oc3ccccc32)c1. The Labute approximate surface area is 210 Å². The average Bonchev–Trinajstić information content (AvgIpc) is 2.92. The van der Waals surface area contributed by atoms with Crippen LogP contribution in [0.25, 0.3) is 0 Å². The van der Waals surface area contributed by atoms with Gasteiger partial charge < -0.3 is 15.0 Å².